The first-order chi connectivity index (χ1) is 15.5. The van der Waals surface area contributed by atoms with Crippen LogP contribution >= 0.6 is 15.9 Å². The Bertz CT molecular complexity index is 1060. The van der Waals surface area contributed by atoms with Crippen molar-refractivity contribution in [2.24, 2.45) is 0 Å². The summed E-state index contributed by atoms with van der Waals surface area (Å²) in [6, 6.07) is 22.7. The van der Waals surface area contributed by atoms with Gasteiger partial charge < -0.3 is 10.2 Å². The van der Waals surface area contributed by atoms with E-state index in [0.29, 0.717) is 18.5 Å². The number of hydrogen-bond donors (Lipinski definition) is 1. The van der Waals surface area contributed by atoms with E-state index in [-0.39, 0.29) is 24.8 Å². The fourth-order valence-electron chi connectivity index (χ4n) is 3.58. The van der Waals surface area contributed by atoms with Gasteiger partial charge in [-0.2, -0.15) is 0 Å². The number of hydrogen-bond acceptors (Lipinski definition) is 2. The molecule has 2 amide bonds. The van der Waals surface area contributed by atoms with Crippen LogP contribution in [0.3, 0.4) is 0 Å². The summed E-state index contributed by atoms with van der Waals surface area (Å²) in [6.07, 6.45) is 0.245. The number of halogens is 2. The summed E-state index contributed by atoms with van der Waals surface area (Å²) >= 11 is 3.46. The van der Waals surface area contributed by atoms with E-state index in [2.05, 4.69) is 21.2 Å². The molecule has 166 valence electrons. The third kappa shape index (κ3) is 6.50. The van der Waals surface area contributed by atoms with E-state index in [1.165, 1.54) is 6.07 Å². The summed E-state index contributed by atoms with van der Waals surface area (Å²) in [5, 5.41) is 2.86. The SMILES string of the molecule is CCNC(=O)C(Cc1ccccc1)N(Cc1cccc(Br)c1)C(=O)Cc1ccccc1F. The van der Waals surface area contributed by atoms with Gasteiger partial charge in [0, 0.05) is 24.0 Å². The molecule has 3 rings (SSSR count). The lowest BCUT2D eigenvalue weighted by molar-refractivity contribution is -0.140. The van der Waals surface area contributed by atoms with E-state index in [9.17, 15) is 14.0 Å². The Morgan fingerprint density at radius 2 is 1.66 bits per heavy atom. The summed E-state index contributed by atoms with van der Waals surface area (Å²) in [4.78, 5) is 28.1. The first-order valence-corrected chi connectivity index (χ1v) is 11.4. The molecule has 4 nitrogen and oxygen atoms in total. The van der Waals surface area contributed by atoms with Gasteiger partial charge in [-0.15, -0.1) is 0 Å². The summed E-state index contributed by atoms with van der Waals surface area (Å²) in [7, 11) is 0. The van der Waals surface area contributed by atoms with Gasteiger partial charge >= 0.3 is 0 Å². The van der Waals surface area contributed by atoms with Crippen LogP contribution in [0, 0.1) is 5.82 Å². The van der Waals surface area contributed by atoms with Crippen LogP contribution < -0.4 is 5.32 Å². The Morgan fingerprint density at radius 1 is 0.969 bits per heavy atom. The largest absolute Gasteiger partial charge is 0.355 e. The van der Waals surface area contributed by atoms with Crippen LogP contribution in [0.4, 0.5) is 4.39 Å². The van der Waals surface area contributed by atoms with Crippen molar-refractivity contribution in [2.45, 2.75) is 32.4 Å². The van der Waals surface area contributed by atoms with E-state index in [1.54, 1.807) is 23.1 Å². The highest BCUT2D eigenvalue weighted by Crippen LogP contribution is 2.19. The molecular formula is C26H26BrFN2O2. The van der Waals surface area contributed by atoms with Gasteiger partial charge in [0.25, 0.3) is 0 Å². The van der Waals surface area contributed by atoms with Crippen LogP contribution in [0.1, 0.15) is 23.6 Å². The third-order valence-electron chi connectivity index (χ3n) is 5.16. The predicted molar refractivity (Wildman–Crippen MR) is 127 cm³/mol. The zero-order valence-electron chi connectivity index (χ0n) is 17.9. The van der Waals surface area contributed by atoms with Crippen molar-refractivity contribution in [3.05, 3.63) is 106 Å². The molecule has 0 saturated heterocycles. The molecule has 0 aliphatic carbocycles. The van der Waals surface area contributed by atoms with Gasteiger partial charge in [-0.05, 0) is 41.8 Å². The van der Waals surface area contributed by atoms with Gasteiger partial charge in [0.05, 0.1) is 6.42 Å². The molecule has 0 spiro atoms. The van der Waals surface area contributed by atoms with E-state index < -0.39 is 11.9 Å². The van der Waals surface area contributed by atoms with Gasteiger partial charge in [-0.1, -0.05) is 76.6 Å². The molecule has 0 aliphatic heterocycles. The topological polar surface area (TPSA) is 49.4 Å². The molecule has 0 aliphatic rings. The highest BCUT2D eigenvalue weighted by molar-refractivity contribution is 9.10. The van der Waals surface area contributed by atoms with Crippen molar-refractivity contribution in [1.29, 1.82) is 0 Å². The maximum Gasteiger partial charge on any atom is 0.243 e. The molecule has 0 bridgehead atoms. The number of carbonyl (C=O) groups excluding carboxylic acids is 2. The lowest BCUT2D eigenvalue weighted by Crippen LogP contribution is -2.51. The van der Waals surface area contributed by atoms with Crippen molar-refractivity contribution in [3.8, 4) is 0 Å². The number of rotatable bonds is 9. The van der Waals surface area contributed by atoms with Crippen LogP contribution in [0.25, 0.3) is 0 Å². The summed E-state index contributed by atoms with van der Waals surface area (Å²) in [5.74, 6) is -0.962. The Labute approximate surface area is 196 Å². The van der Waals surface area contributed by atoms with Crippen LogP contribution in [-0.2, 0) is 29.0 Å². The van der Waals surface area contributed by atoms with Crippen molar-refractivity contribution in [3.63, 3.8) is 0 Å². The number of benzene rings is 3. The highest BCUT2D eigenvalue weighted by atomic mass is 79.9. The molecule has 0 heterocycles. The molecule has 0 aromatic heterocycles. The standard InChI is InChI=1S/C26H26BrFN2O2/c1-2-29-26(32)24(16-19-9-4-3-5-10-19)30(18-20-11-8-13-22(27)15-20)25(31)17-21-12-6-7-14-23(21)28/h3-15,24H,2,16-18H2,1H3,(H,29,32). The molecule has 0 fully saturated rings. The van der Waals surface area contributed by atoms with Gasteiger partial charge in [0.2, 0.25) is 11.8 Å². The number of carbonyl (C=O) groups is 2. The number of nitrogens with one attached hydrogen (secondary N) is 1. The van der Waals surface area contributed by atoms with Crippen LogP contribution in [0.15, 0.2) is 83.3 Å². The minimum Gasteiger partial charge on any atom is -0.355 e. The van der Waals surface area contributed by atoms with Crippen molar-refractivity contribution in [2.75, 3.05) is 6.54 Å². The minimum atomic E-state index is -0.726. The average molecular weight is 497 g/mol. The Balaban J connectivity index is 1.96. The number of nitrogens with zero attached hydrogens (tertiary/aromatic N) is 1. The Hall–Kier alpha value is -2.99. The van der Waals surface area contributed by atoms with E-state index in [1.807, 2.05) is 61.5 Å². The Morgan fingerprint density at radius 3 is 2.34 bits per heavy atom. The zero-order chi connectivity index (χ0) is 22.9. The normalized spacial score (nSPS) is 11.6. The summed E-state index contributed by atoms with van der Waals surface area (Å²) in [6.45, 7) is 2.54. The third-order valence-corrected chi connectivity index (χ3v) is 5.66. The molecular weight excluding hydrogens is 471 g/mol. The molecule has 1 unspecified atom stereocenters. The van der Waals surface area contributed by atoms with Crippen LogP contribution in [-0.4, -0.2) is 29.3 Å². The smallest absolute Gasteiger partial charge is 0.243 e. The first kappa shape index (κ1) is 23.7. The van der Waals surface area contributed by atoms with Gasteiger partial charge in [-0.3, -0.25) is 9.59 Å². The number of amides is 2. The fraction of sp³-hybridized carbons (Fsp3) is 0.231. The molecule has 6 heteroatoms. The first-order valence-electron chi connectivity index (χ1n) is 10.6. The molecule has 3 aromatic rings. The van der Waals surface area contributed by atoms with Gasteiger partial charge in [0.1, 0.15) is 11.9 Å². The maximum absolute atomic E-state index is 14.3. The second-order valence-electron chi connectivity index (χ2n) is 7.52. The molecule has 0 saturated carbocycles. The van der Waals surface area contributed by atoms with E-state index in [4.69, 9.17) is 0 Å². The lowest BCUT2D eigenvalue weighted by atomic mass is 10.0. The minimum absolute atomic E-state index is 0.120. The Kier molecular flexibility index (Phi) is 8.56. The van der Waals surface area contributed by atoms with Crippen molar-refractivity contribution in [1.82, 2.24) is 10.2 Å². The average Bonchev–Trinajstić information content (AvgIpc) is 2.78. The van der Waals surface area contributed by atoms with Crippen molar-refractivity contribution >= 4 is 27.7 Å². The second-order valence-corrected chi connectivity index (χ2v) is 8.44. The molecule has 1 atom stereocenters. The van der Waals surface area contributed by atoms with Crippen LogP contribution in [0.2, 0.25) is 0 Å². The fourth-order valence-corrected chi connectivity index (χ4v) is 4.03. The molecule has 1 N–H and O–H groups in total. The van der Waals surface area contributed by atoms with Crippen molar-refractivity contribution < 1.29 is 14.0 Å². The monoisotopic (exact) mass is 496 g/mol. The molecule has 0 radical (unpaired) electrons. The summed E-state index contributed by atoms with van der Waals surface area (Å²) < 4.78 is 15.1. The van der Waals surface area contributed by atoms with Gasteiger partial charge in [-0.25, -0.2) is 4.39 Å². The molecule has 3 aromatic carbocycles. The van der Waals surface area contributed by atoms with E-state index >= 15 is 0 Å². The second kappa shape index (κ2) is 11.6. The lowest BCUT2D eigenvalue weighted by Gasteiger charge is -2.31. The maximum atomic E-state index is 14.3. The van der Waals surface area contributed by atoms with Gasteiger partial charge in [0.15, 0.2) is 0 Å². The summed E-state index contributed by atoms with van der Waals surface area (Å²) in [5.41, 5.74) is 2.14. The predicted octanol–water partition coefficient (Wildman–Crippen LogP) is 4.91. The van der Waals surface area contributed by atoms with E-state index in [0.717, 1.165) is 15.6 Å². The van der Waals surface area contributed by atoms with Crippen LogP contribution in [0.5, 0.6) is 0 Å². The number of likely N-dealkylation sites (N-methyl/N-ethyl adjacent to an activating group) is 1. The highest BCUT2D eigenvalue weighted by Gasteiger charge is 2.30. The quantitative estimate of drug-likeness (QED) is 0.457. The molecule has 32 heavy (non-hydrogen) atoms. The zero-order valence-corrected chi connectivity index (χ0v) is 19.5.